The lowest BCUT2D eigenvalue weighted by Gasteiger charge is -2.39. The largest absolute Gasteiger partial charge is 0.340 e. The van der Waals surface area contributed by atoms with E-state index in [1.54, 1.807) is 6.92 Å². The Morgan fingerprint density at radius 3 is 2.80 bits per heavy atom. The minimum atomic E-state index is -0.926. The maximum Gasteiger partial charge on any atom is 0.248 e. The molecular weight excluding hydrogens is 283 g/mol. The maximum atomic E-state index is 13.7. The molecule has 0 radical (unpaired) electrons. The Balaban J connectivity index is 2.26. The summed E-state index contributed by atoms with van der Waals surface area (Å²) in [5, 5.41) is 3.08. The Morgan fingerprint density at radius 2 is 2.15 bits per heavy atom. The van der Waals surface area contributed by atoms with Crippen LogP contribution in [0.1, 0.15) is 25.8 Å². The van der Waals surface area contributed by atoms with Crippen LogP contribution in [0, 0.1) is 5.82 Å². The van der Waals surface area contributed by atoms with E-state index in [0.717, 1.165) is 0 Å². The second kappa shape index (κ2) is 5.40. The second-order valence-corrected chi connectivity index (χ2v) is 5.57. The summed E-state index contributed by atoms with van der Waals surface area (Å²) >= 11 is 5.83. The predicted octanol–water partition coefficient (Wildman–Crippen LogP) is 2.11. The van der Waals surface area contributed by atoms with Crippen molar-refractivity contribution in [2.24, 2.45) is 0 Å². The molecule has 1 aliphatic heterocycles. The molecular formula is C14H16ClFN2O2. The van der Waals surface area contributed by atoms with Crippen molar-refractivity contribution < 1.29 is 14.0 Å². The van der Waals surface area contributed by atoms with Gasteiger partial charge in [-0.05, 0) is 31.5 Å². The van der Waals surface area contributed by atoms with E-state index < -0.39 is 11.4 Å². The van der Waals surface area contributed by atoms with Crippen molar-refractivity contribution in [2.45, 2.75) is 32.4 Å². The number of rotatable bonds is 3. The molecule has 1 heterocycles. The van der Waals surface area contributed by atoms with Gasteiger partial charge in [-0.3, -0.25) is 9.59 Å². The first-order valence-electron chi connectivity index (χ1n) is 6.40. The number of carbonyl (C=O) groups excluding carboxylic acids is 2. The van der Waals surface area contributed by atoms with Gasteiger partial charge in [0.15, 0.2) is 0 Å². The number of nitrogens with one attached hydrogen (secondary N) is 1. The number of hydrogen-bond donors (Lipinski definition) is 1. The molecule has 1 N–H and O–H groups in total. The molecule has 0 saturated carbocycles. The zero-order chi connectivity index (χ0) is 14.9. The topological polar surface area (TPSA) is 49.4 Å². The summed E-state index contributed by atoms with van der Waals surface area (Å²) in [4.78, 5) is 25.4. The Bertz CT molecular complexity index is 564. The predicted molar refractivity (Wildman–Crippen MR) is 73.7 cm³/mol. The number of benzene rings is 1. The molecule has 6 heteroatoms. The van der Waals surface area contributed by atoms with Crippen molar-refractivity contribution in [3.05, 3.63) is 34.6 Å². The number of amides is 2. The SMILES string of the molecule is CCC1(C)NC(=O)CN(Cc2cc(Cl)ccc2F)C1=O. The maximum absolute atomic E-state index is 13.7. The van der Waals surface area contributed by atoms with E-state index in [1.165, 1.54) is 23.1 Å². The molecule has 2 rings (SSSR count). The molecule has 0 bridgehead atoms. The van der Waals surface area contributed by atoms with E-state index in [9.17, 15) is 14.0 Å². The van der Waals surface area contributed by atoms with Gasteiger partial charge < -0.3 is 10.2 Å². The van der Waals surface area contributed by atoms with Gasteiger partial charge in [0.2, 0.25) is 11.8 Å². The summed E-state index contributed by atoms with van der Waals surface area (Å²) in [6.45, 7) is 3.46. The minimum Gasteiger partial charge on any atom is -0.340 e. The highest BCUT2D eigenvalue weighted by molar-refractivity contribution is 6.30. The molecule has 0 spiro atoms. The lowest BCUT2D eigenvalue weighted by Crippen LogP contribution is -2.64. The van der Waals surface area contributed by atoms with Gasteiger partial charge in [-0.1, -0.05) is 18.5 Å². The van der Waals surface area contributed by atoms with Gasteiger partial charge >= 0.3 is 0 Å². The second-order valence-electron chi connectivity index (χ2n) is 5.13. The van der Waals surface area contributed by atoms with E-state index in [0.29, 0.717) is 17.0 Å². The first-order chi connectivity index (χ1) is 9.35. The third-order valence-corrected chi connectivity index (χ3v) is 3.82. The Kier molecular flexibility index (Phi) is 3.99. The molecule has 1 unspecified atom stereocenters. The molecule has 2 amide bonds. The van der Waals surface area contributed by atoms with Crippen LogP contribution in [-0.4, -0.2) is 28.8 Å². The lowest BCUT2D eigenvalue weighted by atomic mass is 9.94. The van der Waals surface area contributed by atoms with Crippen molar-refractivity contribution in [2.75, 3.05) is 6.54 Å². The van der Waals surface area contributed by atoms with Crippen LogP contribution in [0.25, 0.3) is 0 Å². The van der Waals surface area contributed by atoms with Gasteiger partial charge in [0.1, 0.15) is 11.4 Å². The van der Waals surface area contributed by atoms with Gasteiger partial charge in [0.05, 0.1) is 6.54 Å². The van der Waals surface area contributed by atoms with Gasteiger partial charge in [-0.2, -0.15) is 0 Å². The average Bonchev–Trinajstić information content (AvgIpc) is 2.39. The van der Waals surface area contributed by atoms with Crippen LogP contribution in [0.2, 0.25) is 5.02 Å². The molecule has 1 aliphatic rings. The fraction of sp³-hybridized carbons (Fsp3) is 0.429. The zero-order valence-corrected chi connectivity index (χ0v) is 12.1. The third-order valence-electron chi connectivity index (χ3n) is 3.59. The molecule has 108 valence electrons. The van der Waals surface area contributed by atoms with E-state index in [1.807, 2.05) is 6.92 Å². The molecule has 0 aromatic heterocycles. The first kappa shape index (κ1) is 14.8. The average molecular weight is 299 g/mol. The minimum absolute atomic E-state index is 0.0359. The van der Waals surface area contributed by atoms with Crippen molar-refractivity contribution >= 4 is 23.4 Å². The van der Waals surface area contributed by atoms with E-state index >= 15 is 0 Å². The summed E-state index contributed by atoms with van der Waals surface area (Å²) in [5.74, 6) is -0.887. The number of halogens is 2. The van der Waals surface area contributed by atoms with Crippen molar-refractivity contribution in [3.8, 4) is 0 Å². The van der Waals surface area contributed by atoms with E-state index in [-0.39, 0.29) is 24.9 Å². The van der Waals surface area contributed by atoms with Crippen molar-refractivity contribution in [1.29, 1.82) is 0 Å². The smallest absolute Gasteiger partial charge is 0.248 e. The highest BCUT2D eigenvalue weighted by Crippen LogP contribution is 2.22. The van der Waals surface area contributed by atoms with Crippen LogP contribution in [0.3, 0.4) is 0 Å². The molecule has 20 heavy (non-hydrogen) atoms. The molecule has 1 fully saturated rings. The van der Waals surface area contributed by atoms with E-state index in [2.05, 4.69) is 5.32 Å². The van der Waals surface area contributed by atoms with Crippen LogP contribution < -0.4 is 5.32 Å². The monoisotopic (exact) mass is 298 g/mol. The van der Waals surface area contributed by atoms with Gasteiger partial charge in [0.25, 0.3) is 0 Å². The fourth-order valence-electron chi connectivity index (χ4n) is 2.23. The number of carbonyl (C=O) groups is 2. The number of nitrogens with zero attached hydrogens (tertiary/aromatic N) is 1. The zero-order valence-electron chi connectivity index (χ0n) is 11.4. The van der Waals surface area contributed by atoms with Crippen LogP contribution >= 0.6 is 11.6 Å². The summed E-state index contributed by atoms with van der Waals surface area (Å²) in [6, 6.07) is 4.17. The summed E-state index contributed by atoms with van der Waals surface area (Å²) in [7, 11) is 0. The van der Waals surface area contributed by atoms with Crippen LogP contribution in [0.5, 0.6) is 0 Å². The van der Waals surface area contributed by atoms with E-state index in [4.69, 9.17) is 11.6 Å². The highest BCUT2D eigenvalue weighted by atomic mass is 35.5. The molecule has 0 aliphatic carbocycles. The first-order valence-corrected chi connectivity index (χ1v) is 6.78. The highest BCUT2D eigenvalue weighted by Gasteiger charge is 2.41. The third kappa shape index (κ3) is 2.77. The van der Waals surface area contributed by atoms with Gasteiger partial charge in [-0.15, -0.1) is 0 Å². The lowest BCUT2D eigenvalue weighted by molar-refractivity contribution is -0.149. The number of piperazine rings is 1. The standard InChI is InChI=1S/C14H16ClFN2O2/c1-3-14(2)13(20)18(8-12(19)17-14)7-9-6-10(15)4-5-11(9)16/h4-6H,3,7-8H2,1-2H3,(H,17,19). The van der Waals surface area contributed by atoms with Gasteiger partial charge in [0, 0.05) is 17.1 Å². The normalized spacial score (nSPS) is 22.9. The van der Waals surface area contributed by atoms with Crippen molar-refractivity contribution in [1.82, 2.24) is 10.2 Å². The van der Waals surface area contributed by atoms with Crippen LogP contribution in [0.15, 0.2) is 18.2 Å². The molecule has 1 atom stereocenters. The molecule has 1 aromatic rings. The molecule has 1 saturated heterocycles. The Hall–Kier alpha value is -1.62. The van der Waals surface area contributed by atoms with Gasteiger partial charge in [-0.25, -0.2) is 4.39 Å². The molecule has 1 aromatic carbocycles. The Labute approximate surface area is 121 Å². The summed E-state index contributed by atoms with van der Waals surface area (Å²) in [6.07, 6.45) is 0.478. The van der Waals surface area contributed by atoms with Crippen LogP contribution in [0.4, 0.5) is 4.39 Å². The van der Waals surface area contributed by atoms with Crippen LogP contribution in [-0.2, 0) is 16.1 Å². The quantitative estimate of drug-likeness (QED) is 0.929. The van der Waals surface area contributed by atoms with Crippen molar-refractivity contribution in [3.63, 3.8) is 0 Å². The fourth-order valence-corrected chi connectivity index (χ4v) is 2.43. The summed E-state index contributed by atoms with van der Waals surface area (Å²) < 4.78 is 13.7. The Morgan fingerprint density at radius 1 is 1.45 bits per heavy atom. The number of hydrogen-bond acceptors (Lipinski definition) is 2. The molecule has 4 nitrogen and oxygen atoms in total. The summed E-state index contributed by atoms with van der Waals surface area (Å²) in [5.41, 5.74) is -0.622.